The Bertz CT molecular complexity index is 613. The first kappa shape index (κ1) is 17.7. The lowest BCUT2D eigenvalue weighted by Gasteiger charge is -2.33. The highest BCUT2D eigenvalue weighted by molar-refractivity contribution is 5.90. The molecule has 2 saturated heterocycles. The number of urea groups is 1. The van der Waals surface area contributed by atoms with Gasteiger partial charge in [0.1, 0.15) is 0 Å². The highest BCUT2D eigenvalue weighted by atomic mass is 16.2. The van der Waals surface area contributed by atoms with E-state index >= 15 is 0 Å². The van der Waals surface area contributed by atoms with Crippen LogP contribution in [-0.2, 0) is 4.79 Å². The number of hydrogen-bond acceptors (Lipinski definition) is 3. The molecule has 0 radical (unpaired) electrons. The van der Waals surface area contributed by atoms with Gasteiger partial charge in [-0.3, -0.25) is 4.79 Å². The fourth-order valence-corrected chi connectivity index (χ4v) is 3.60. The minimum atomic E-state index is -0.123. The van der Waals surface area contributed by atoms with Gasteiger partial charge in [-0.2, -0.15) is 0 Å². The van der Waals surface area contributed by atoms with Crippen LogP contribution in [0.5, 0.6) is 0 Å². The Morgan fingerprint density at radius 2 is 2.12 bits per heavy atom. The van der Waals surface area contributed by atoms with Crippen LogP contribution in [-0.4, -0.2) is 49.1 Å². The van der Waals surface area contributed by atoms with Crippen LogP contribution in [0.15, 0.2) is 24.3 Å². The average Bonchev–Trinajstić information content (AvgIpc) is 2.62. The molecule has 136 valence electrons. The van der Waals surface area contributed by atoms with E-state index < -0.39 is 0 Å². The van der Waals surface area contributed by atoms with E-state index in [2.05, 4.69) is 16.0 Å². The summed E-state index contributed by atoms with van der Waals surface area (Å²) in [5.41, 5.74) is 1.90. The largest absolute Gasteiger partial charge is 0.352 e. The Morgan fingerprint density at radius 1 is 1.24 bits per heavy atom. The van der Waals surface area contributed by atoms with Crippen molar-refractivity contribution in [3.05, 3.63) is 29.8 Å². The molecule has 0 aromatic heterocycles. The number of nitrogens with zero attached hydrogens (tertiary/aromatic N) is 1. The Morgan fingerprint density at radius 3 is 2.88 bits per heavy atom. The van der Waals surface area contributed by atoms with E-state index in [0.29, 0.717) is 13.1 Å². The van der Waals surface area contributed by atoms with E-state index in [1.807, 2.05) is 31.2 Å². The maximum Gasteiger partial charge on any atom is 0.321 e. The molecule has 3 amide bonds. The molecule has 25 heavy (non-hydrogen) atoms. The van der Waals surface area contributed by atoms with Crippen molar-refractivity contribution >= 4 is 17.6 Å². The van der Waals surface area contributed by atoms with Gasteiger partial charge >= 0.3 is 6.03 Å². The fraction of sp³-hybridized carbons (Fsp3) is 0.579. The molecule has 3 N–H and O–H groups in total. The Hall–Kier alpha value is -2.08. The molecular weight excluding hydrogens is 316 g/mol. The molecule has 2 aliphatic heterocycles. The van der Waals surface area contributed by atoms with Crippen LogP contribution in [0, 0.1) is 12.8 Å². The van der Waals surface area contributed by atoms with Crippen molar-refractivity contribution < 1.29 is 9.59 Å². The number of amides is 3. The number of likely N-dealkylation sites (tertiary alicyclic amines) is 1. The first-order valence-electron chi connectivity index (χ1n) is 9.25. The van der Waals surface area contributed by atoms with E-state index in [9.17, 15) is 9.59 Å². The van der Waals surface area contributed by atoms with Crippen molar-refractivity contribution in [1.29, 1.82) is 0 Å². The number of benzene rings is 1. The first-order chi connectivity index (χ1) is 12.1. The van der Waals surface area contributed by atoms with Gasteiger partial charge in [0.05, 0.1) is 5.92 Å². The summed E-state index contributed by atoms with van der Waals surface area (Å²) in [6.07, 6.45) is 3.84. The zero-order chi connectivity index (χ0) is 17.6. The van der Waals surface area contributed by atoms with Gasteiger partial charge in [0, 0.05) is 31.4 Å². The van der Waals surface area contributed by atoms with Gasteiger partial charge in [0.15, 0.2) is 0 Å². The molecule has 1 aromatic rings. The Labute approximate surface area is 149 Å². The predicted molar refractivity (Wildman–Crippen MR) is 98.5 cm³/mol. The highest BCUT2D eigenvalue weighted by Crippen LogP contribution is 2.19. The van der Waals surface area contributed by atoms with Crippen molar-refractivity contribution in [3.63, 3.8) is 0 Å². The van der Waals surface area contributed by atoms with Gasteiger partial charge in [-0.25, -0.2) is 4.79 Å². The molecule has 0 spiro atoms. The summed E-state index contributed by atoms with van der Waals surface area (Å²) in [4.78, 5) is 26.8. The van der Waals surface area contributed by atoms with Crippen LogP contribution in [0.2, 0.25) is 0 Å². The average molecular weight is 344 g/mol. The molecule has 2 aliphatic rings. The molecule has 0 bridgehead atoms. The second-order valence-corrected chi connectivity index (χ2v) is 7.14. The van der Waals surface area contributed by atoms with Gasteiger partial charge < -0.3 is 20.9 Å². The third-order valence-corrected chi connectivity index (χ3v) is 4.99. The molecule has 2 fully saturated rings. The number of rotatable bonds is 3. The van der Waals surface area contributed by atoms with E-state index in [1.54, 1.807) is 4.90 Å². The van der Waals surface area contributed by atoms with Gasteiger partial charge in [-0.15, -0.1) is 0 Å². The Balaban J connectivity index is 1.53. The maximum atomic E-state index is 12.5. The molecule has 0 aliphatic carbocycles. The summed E-state index contributed by atoms with van der Waals surface area (Å²) >= 11 is 0. The molecule has 2 heterocycles. The van der Waals surface area contributed by atoms with Gasteiger partial charge in [-0.1, -0.05) is 12.1 Å². The van der Waals surface area contributed by atoms with Crippen molar-refractivity contribution in [2.24, 2.45) is 5.92 Å². The monoisotopic (exact) mass is 344 g/mol. The SMILES string of the molecule is Cc1cccc(NC(=O)N2CCCC(C(=O)N[C@H]3CCCNC3)C2)c1. The lowest BCUT2D eigenvalue weighted by Crippen LogP contribution is -2.51. The molecule has 1 unspecified atom stereocenters. The molecule has 3 rings (SSSR count). The molecular formula is C19H28N4O2. The fourth-order valence-electron chi connectivity index (χ4n) is 3.60. The summed E-state index contributed by atoms with van der Waals surface area (Å²) < 4.78 is 0. The van der Waals surface area contributed by atoms with Crippen LogP contribution in [0.1, 0.15) is 31.2 Å². The summed E-state index contributed by atoms with van der Waals surface area (Å²) in [5.74, 6) is -0.0271. The third kappa shape index (κ3) is 4.95. The molecule has 6 nitrogen and oxygen atoms in total. The number of hydrogen-bond donors (Lipinski definition) is 3. The third-order valence-electron chi connectivity index (χ3n) is 4.99. The standard InChI is InChI=1S/C19H28N4O2/c1-14-5-2-7-16(11-14)22-19(25)23-10-4-6-15(13-23)18(24)21-17-8-3-9-20-12-17/h2,5,7,11,15,17,20H,3-4,6,8-10,12-13H2,1H3,(H,21,24)(H,22,25)/t15?,17-/m0/s1. The minimum absolute atomic E-state index is 0.0850. The van der Waals surface area contributed by atoms with E-state index in [1.165, 1.54) is 0 Å². The number of piperidine rings is 2. The van der Waals surface area contributed by atoms with E-state index in [-0.39, 0.29) is 23.9 Å². The normalized spacial score (nSPS) is 23.8. The zero-order valence-corrected chi connectivity index (χ0v) is 14.9. The molecule has 1 aromatic carbocycles. The zero-order valence-electron chi connectivity index (χ0n) is 14.9. The lowest BCUT2D eigenvalue weighted by atomic mass is 9.96. The van der Waals surface area contributed by atoms with Crippen molar-refractivity contribution in [2.75, 3.05) is 31.5 Å². The maximum absolute atomic E-state index is 12.5. The molecule has 0 saturated carbocycles. The predicted octanol–water partition coefficient (Wildman–Crippen LogP) is 2.11. The summed E-state index contributed by atoms with van der Waals surface area (Å²) in [5, 5.41) is 9.40. The first-order valence-corrected chi connectivity index (χ1v) is 9.25. The van der Waals surface area contributed by atoms with Crippen LogP contribution in [0.3, 0.4) is 0 Å². The van der Waals surface area contributed by atoms with E-state index in [4.69, 9.17) is 0 Å². The number of carbonyl (C=O) groups is 2. The topological polar surface area (TPSA) is 73.5 Å². The van der Waals surface area contributed by atoms with E-state index in [0.717, 1.165) is 50.0 Å². The van der Waals surface area contributed by atoms with Gasteiger partial charge in [0.25, 0.3) is 0 Å². The number of aryl methyl sites for hydroxylation is 1. The lowest BCUT2D eigenvalue weighted by molar-refractivity contribution is -0.127. The van der Waals surface area contributed by atoms with Gasteiger partial charge in [0.2, 0.25) is 5.91 Å². The second kappa shape index (κ2) is 8.34. The van der Waals surface area contributed by atoms with Gasteiger partial charge in [-0.05, 0) is 56.8 Å². The van der Waals surface area contributed by atoms with Crippen LogP contribution < -0.4 is 16.0 Å². The van der Waals surface area contributed by atoms with Crippen molar-refractivity contribution in [2.45, 2.75) is 38.6 Å². The quantitative estimate of drug-likeness (QED) is 0.786. The van der Waals surface area contributed by atoms with Crippen molar-refractivity contribution in [1.82, 2.24) is 15.5 Å². The number of anilines is 1. The molecule has 6 heteroatoms. The number of carbonyl (C=O) groups excluding carboxylic acids is 2. The summed E-state index contributed by atoms with van der Waals surface area (Å²) in [7, 11) is 0. The van der Waals surface area contributed by atoms with Crippen LogP contribution >= 0.6 is 0 Å². The Kier molecular flexibility index (Phi) is 5.91. The molecule has 2 atom stereocenters. The van der Waals surface area contributed by atoms with Crippen LogP contribution in [0.25, 0.3) is 0 Å². The van der Waals surface area contributed by atoms with Crippen LogP contribution in [0.4, 0.5) is 10.5 Å². The summed E-state index contributed by atoms with van der Waals surface area (Å²) in [6.45, 7) is 5.06. The summed E-state index contributed by atoms with van der Waals surface area (Å²) in [6, 6.07) is 7.85. The van der Waals surface area contributed by atoms with Crippen molar-refractivity contribution in [3.8, 4) is 0 Å². The smallest absolute Gasteiger partial charge is 0.321 e. The second-order valence-electron chi connectivity index (χ2n) is 7.14. The number of nitrogens with one attached hydrogen (secondary N) is 3. The minimum Gasteiger partial charge on any atom is -0.352 e. The highest BCUT2D eigenvalue weighted by Gasteiger charge is 2.29.